The van der Waals surface area contributed by atoms with Crippen molar-refractivity contribution in [3.05, 3.63) is 35.9 Å². The predicted molar refractivity (Wildman–Crippen MR) is 76.7 cm³/mol. The van der Waals surface area contributed by atoms with Crippen molar-refractivity contribution in [2.24, 2.45) is 0 Å². The minimum Gasteiger partial charge on any atom is -0.508 e. The van der Waals surface area contributed by atoms with Gasteiger partial charge in [0, 0.05) is 17.9 Å². The van der Waals surface area contributed by atoms with Crippen molar-refractivity contribution in [2.75, 3.05) is 7.11 Å². The summed E-state index contributed by atoms with van der Waals surface area (Å²) in [7, 11) is 1.51. The number of unbranched alkanes of at least 4 members (excludes halogenated alkanes) is 1. The number of benzene rings is 1. The second-order valence-electron chi connectivity index (χ2n) is 5.55. The number of rotatable bonds is 6. The van der Waals surface area contributed by atoms with Gasteiger partial charge in [-0.25, -0.2) is 0 Å². The number of hydrogen-bond donors (Lipinski definition) is 1. The zero-order valence-corrected chi connectivity index (χ0v) is 12.5. The van der Waals surface area contributed by atoms with E-state index in [9.17, 15) is 18.3 Å². The molecule has 0 spiro atoms. The third-order valence-corrected chi connectivity index (χ3v) is 3.24. The molecule has 0 aliphatic rings. The Hall–Kier alpha value is -1.65. The summed E-state index contributed by atoms with van der Waals surface area (Å²) >= 11 is 0. The molecule has 0 radical (unpaired) electrons. The maximum absolute atomic E-state index is 12.0. The average Bonchev–Trinajstić information content (AvgIpc) is 2.36. The Kier molecular flexibility index (Phi) is 5.70. The van der Waals surface area contributed by atoms with Crippen molar-refractivity contribution in [1.82, 2.24) is 0 Å². The van der Waals surface area contributed by atoms with Crippen LogP contribution in [0.5, 0.6) is 11.5 Å². The largest absolute Gasteiger partial charge is 0.508 e. The van der Waals surface area contributed by atoms with Crippen molar-refractivity contribution in [3.63, 3.8) is 0 Å². The summed E-state index contributed by atoms with van der Waals surface area (Å²) in [5.41, 5.74) is 0.441. The Morgan fingerprint density at radius 3 is 2.43 bits per heavy atom. The van der Waals surface area contributed by atoms with Gasteiger partial charge in [0.15, 0.2) is 0 Å². The molecule has 0 atom stereocenters. The lowest BCUT2D eigenvalue weighted by molar-refractivity contribution is -0.135. The summed E-state index contributed by atoms with van der Waals surface area (Å²) in [5.74, 6) is 0.645. The van der Waals surface area contributed by atoms with Crippen molar-refractivity contribution in [2.45, 2.75) is 44.7 Å². The van der Waals surface area contributed by atoms with Gasteiger partial charge >= 0.3 is 6.18 Å². The first kappa shape index (κ1) is 17.4. The van der Waals surface area contributed by atoms with E-state index in [-0.39, 0.29) is 12.2 Å². The minimum absolute atomic E-state index is 0.0828. The fraction of sp³-hybridized carbons (Fsp3) is 0.500. The lowest BCUT2D eigenvalue weighted by Crippen LogP contribution is -2.13. The molecule has 2 nitrogen and oxygen atoms in total. The molecule has 0 unspecified atom stereocenters. The van der Waals surface area contributed by atoms with E-state index in [1.807, 2.05) is 19.9 Å². The van der Waals surface area contributed by atoms with Crippen LogP contribution in [0.4, 0.5) is 13.2 Å². The molecule has 0 heterocycles. The predicted octanol–water partition coefficient (Wildman–Crippen LogP) is 4.97. The molecule has 0 saturated carbocycles. The average molecular weight is 302 g/mol. The summed E-state index contributed by atoms with van der Waals surface area (Å²) in [5, 5.41) is 9.66. The van der Waals surface area contributed by atoms with Crippen LogP contribution < -0.4 is 4.74 Å². The highest BCUT2D eigenvalue weighted by atomic mass is 19.4. The Morgan fingerprint density at radius 1 is 1.19 bits per heavy atom. The molecule has 21 heavy (non-hydrogen) atoms. The van der Waals surface area contributed by atoms with Crippen LogP contribution in [0, 0.1) is 0 Å². The maximum atomic E-state index is 12.0. The highest BCUT2D eigenvalue weighted by Crippen LogP contribution is 2.32. The number of aromatic hydroxyl groups is 1. The van der Waals surface area contributed by atoms with Gasteiger partial charge in [-0.15, -0.1) is 0 Å². The molecule has 0 aliphatic heterocycles. The van der Waals surface area contributed by atoms with Crippen LogP contribution in [0.15, 0.2) is 30.4 Å². The van der Waals surface area contributed by atoms with Crippen LogP contribution in [-0.4, -0.2) is 18.4 Å². The van der Waals surface area contributed by atoms with E-state index in [2.05, 4.69) is 0 Å². The zero-order chi connectivity index (χ0) is 16.1. The highest BCUT2D eigenvalue weighted by Gasteiger charge is 2.25. The molecule has 1 aromatic rings. The highest BCUT2D eigenvalue weighted by molar-refractivity contribution is 5.42. The van der Waals surface area contributed by atoms with Crippen molar-refractivity contribution in [1.29, 1.82) is 0 Å². The molecule has 1 N–H and O–H groups in total. The number of ether oxygens (including phenoxy) is 1. The van der Waals surface area contributed by atoms with Gasteiger partial charge in [0.2, 0.25) is 0 Å². The van der Waals surface area contributed by atoms with Crippen molar-refractivity contribution in [3.8, 4) is 11.5 Å². The molecule has 0 fully saturated rings. The number of phenols is 1. The third-order valence-electron chi connectivity index (χ3n) is 3.24. The number of halogens is 3. The van der Waals surface area contributed by atoms with Crippen LogP contribution in [-0.2, 0) is 5.41 Å². The van der Waals surface area contributed by atoms with Gasteiger partial charge in [-0.3, -0.25) is 0 Å². The Morgan fingerprint density at radius 2 is 1.86 bits per heavy atom. The fourth-order valence-corrected chi connectivity index (χ4v) is 1.97. The Balaban J connectivity index is 2.70. The molecule has 0 saturated heterocycles. The molecule has 1 aromatic carbocycles. The maximum Gasteiger partial charge on any atom is 0.389 e. The first-order valence-corrected chi connectivity index (χ1v) is 6.77. The van der Waals surface area contributed by atoms with Crippen LogP contribution in [0.25, 0.3) is 0 Å². The first-order valence-electron chi connectivity index (χ1n) is 6.77. The number of hydrogen-bond acceptors (Lipinski definition) is 2. The molecular weight excluding hydrogens is 281 g/mol. The molecular formula is C16H21F3O2. The number of methoxy groups -OCH3 is 1. The molecule has 1 rings (SSSR count). The van der Waals surface area contributed by atoms with E-state index >= 15 is 0 Å². The zero-order valence-electron chi connectivity index (χ0n) is 12.5. The number of phenolic OH excluding ortho intramolecular Hbond substituents is 1. The van der Waals surface area contributed by atoms with Crippen LogP contribution in [0.3, 0.4) is 0 Å². The Labute approximate surface area is 123 Å². The van der Waals surface area contributed by atoms with Gasteiger partial charge in [-0.2, -0.15) is 13.2 Å². The van der Waals surface area contributed by atoms with Crippen LogP contribution in [0.1, 0.15) is 38.7 Å². The van der Waals surface area contributed by atoms with Gasteiger partial charge in [-0.1, -0.05) is 26.0 Å². The van der Waals surface area contributed by atoms with E-state index in [0.29, 0.717) is 12.2 Å². The second-order valence-corrected chi connectivity index (χ2v) is 5.55. The summed E-state index contributed by atoms with van der Waals surface area (Å²) < 4.78 is 41.2. The lowest BCUT2D eigenvalue weighted by Gasteiger charge is -2.22. The van der Waals surface area contributed by atoms with Crippen molar-refractivity contribution < 1.29 is 23.0 Å². The number of allylic oxidation sites excluding steroid dienone is 2. The quantitative estimate of drug-likeness (QED) is 0.594. The van der Waals surface area contributed by atoms with Crippen LogP contribution >= 0.6 is 0 Å². The molecule has 0 aromatic heterocycles. The number of alkyl halides is 3. The SMILES string of the molecule is COc1cc(O)cc(C(C)(C)/C=C\CCCC(F)(F)F)c1. The topological polar surface area (TPSA) is 29.5 Å². The minimum atomic E-state index is -4.10. The normalized spacial score (nSPS) is 12.9. The summed E-state index contributed by atoms with van der Waals surface area (Å²) in [6, 6.07) is 4.94. The van der Waals surface area contributed by atoms with Gasteiger partial charge in [-0.05, 0) is 30.5 Å². The molecule has 0 aliphatic carbocycles. The summed E-state index contributed by atoms with van der Waals surface area (Å²) in [6.45, 7) is 3.86. The molecule has 5 heteroatoms. The van der Waals surface area contributed by atoms with Crippen molar-refractivity contribution >= 4 is 0 Å². The van der Waals surface area contributed by atoms with E-state index in [1.165, 1.54) is 13.2 Å². The van der Waals surface area contributed by atoms with Gasteiger partial charge < -0.3 is 9.84 Å². The molecule has 0 bridgehead atoms. The molecule has 0 amide bonds. The fourth-order valence-electron chi connectivity index (χ4n) is 1.97. The van der Waals surface area contributed by atoms with E-state index in [1.54, 1.807) is 18.2 Å². The van der Waals surface area contributed by atoms with E-state index < -0.39 is 18.0 Å². The third kappa shape index (κ3) is 6.10. The Bertz CT molecular complexity index is 491. The van der Waals surface area contributed by atoms with Gasteiger partial charge in [0.05, 0.1) is 7.11 Å². The lowest BCUT2D eigenvalue weighted by atomic mass is 9.84. The van der Waals surface area contributed by atoms with Crippen LogP contribution in [0.2, 0.25) is 0 Å². The molecule has 118 valence electrons. The van der Waals surface area contributed by atoms with E-state index in [0.717, 1.165) is 5.56 Å². The van der Waals surface area contributed by atoms with E-state index in [4.69, 9.17) is 4.74 Å². The standard InChI is InChI=1S/C16H21F3O2/c1-15(2,7-5-4-6-8-16(17,18)19)12-9-13(20)11-14(10-12)21-3/h5,7,9-11,20H,4,6,8H2,1-3H3/b7-5-. The monoisotopic (exact) mass is 302 g/mol. The van der Waals surface area contributed by atoms with Gasteiger partial charge in [0.1, 0.15) is 11.5 Å². The summed E-state index contributed by atoms with van der Waals surface area (Å²) in [6.07, 6.45) is -0.794. The van der Waals surface area contributed by atoms with Gasteiger partial charge in [0.25, 0.3) is 0 Å². The first-order chi connectivity index (χ1) is 9.64. The summed E-state index contributed by atoms with van der Waals surface area (Å²) in [4.78, 5) is 0. The smallest absolute Gasteiger partial charge is 0.389 e. The second kappa shape index (κ2) is 6.87.